The van der Waals surface area contributed by atoms with Crippen molar-refractivity contribution in [2.45, 2.75) is 32.6 Å². The van der Waals surface area contributed by atoms with E-state index in [0.29, 0.717) is 17.6 Å². The molecule has 0 saturated heterocycles. The first-order chi connectivity index (χ1) is 18.0. The van der Waals surface area contributed by atoms with Gasteiger partial charge in [0.25, 0.3) is 0 Å². The number of benzene rings is 3. The monoisotopic (exact) mass is 513 g/mol. The number of allylic oxidation sites excluding steroid dienone is 2. The molecule has 5 heteroatoms. The van der Waals surface area contributed by atoms with Gasteiger partial charge in [0.1, 0.15) is 23.2 Å². The summed E-state index contributed by atoms with van der Waals surface area (Å²) in [5.74, 6) is -0.633. The van der Waals surface area contributed by atoms with E-state index in [4.69, 9.17) is 0 Å². The van der Waals surface area contributed by atoms with Crippen molar-refractivity contribution in [2.24, 2.45) is 0 Å². The molecule has 0 atom stereocenters. The van der Waals surface area contributed by atoms with Gasteiger partial charge in [0.2, 0.25) is 0 Å². The number of ketones is 2. The first-order valence-electron chi connectivity index (χ1n) is 12.8. The molecule has 0 heterocycles. The van der Waals surface area contributed by atoms with E-state index in [1.807, 2.05) is 0 Å². The second-order valence-corrected chi connectivity index (χ2v) is 13.0. The van der Waals surface area contributed by atoms with E-state index in [1.54, 1.807) is 6.92 Å². The van der Waals surface area contributed by atoms with Crippen LogP contribution in [0.25, 0.3) is 0 Å². The highest BCUT2D eigenvalue weighted by Gasteiger charge is 2.44. The van der Waals surface area contributed by atoms with Gasteiger partial charge < -0.3 is 10.2 Å². The topological polar surface area (TPSA) is 74.6 Å². The highest BCUT2D eigenvalue weighted by molar-refractivity contribution is 7.95. The second-order valence-electron chi connectivity index (χ2n) is 9.39. The minimum atomic E-state index is -1.89. The Morgan fingerprint density at radius 1 is 0.568 bits per heavy atom. The third kappa shape index (κ3) is 5.43. The van der Waals surface area contributed by atoms with Gasteiger partial charge in [-0.15, -0.1) is 0 Å². The van der Waals surface area contributed by atoms with Gasteiger partial charge in [-0.2, -0.15) is 0 Å². The average Bonchev–Trinajstić information content (AvgIpc) is 2.95. The van der Waals surface area contributed by atoms with E-state index in [2.05, 4.69) is 91.0 Å². The van der Waals surface area contributed by atoms with Crippen molar-refractivity contribution in [3.8, 4) is 0 Å². The molecule has 0 amide bonds. The fourth-order valence-corrected chi connectivity index (χ4v) is 9.75. The Kier molecular flexibility index (Phi) is 9.00. The first-order valence-corrected chi connectivity index (χ1v) is 14.8. The number of carbonyl (C=O) groups excluding carboxylic acids is 2. The number of hydrogen-bond donors (Lipinski definition) is 2. The molecule has 190 valence electrons. The normalized spacial score (nSPS) is 14.5. The highest BCUT2D eigenvalue weighted by atomic mass is 31.2. The van der Waals surface area contributed by atoms with Crippen LogP contribution in [-0.4, -0.2) is 41.2 Å². The lowest BCUT2D eigenvalue weighted by atomic mass is 9.83. The van der Waals surface area contributed by atoms with Crippen molar-refractivity contribution in [1.82, 2.24) is 0 Å². The Balaban J connectivity index is 1.56. The molecule has 0 aromatic heterocycles. The average molecular weight is 514 g/mol. The van der Waals surface area contributed by atoms with Crippen LogP contribution in [0.5, 0.6) is 0 Å². The summed E-state index contributed by atoms with van der Waals surface area (Å²) in [5.41, 5.74) is 0.930. The molecular formula is C32H34O4P+. The Morgan fingerprint density at radius 3 is 1.43 bits per heavy atom. The third-order valence-corrected chi connectivity index (χ3v) is 11.8. The van der Waals surface area contributed by atoms with Gasteiger partial charge in [-0.25, -0.2) is 0 Å². The lowest BCUT2D eigenvalue weighted by Crippen LogP contribution is -2.33. The molecule has 0 aliphatic heterocycles. The van der Waals surface area contributed by atoms with Crippen molar-refractivity contribution in [2.75, 3.05) is 19.4 Å². The molecule has 0 radical (unpaired) electrons. The van der Waals surface area contributed by atoms with Crippen LogP contribution in [0, 0.1) is 0 Å². The second kappa shape index (κ2) is 12.4. The number of aliphatic hydroxyl groups excluding tert-OH is 2. The molecule has 0 unspecified atom stereocenters. The molecule has 4 nitrogen and oxygen atoms in total. The fourth-order valence-electron chi connectivity index (χ4n) is 5.33. The van der Waals surface area contributed by atoms with Crippen LogP contribution in [0.15, 0.2) is 113 Å². The van der Waals surface area contributed by atoms with Crippen molar-refractivity contribution < 1.29 is 19.8 Å². The molecule has 1 aliphatic carbocycles. The van der Waals surface area contributed by atoms with Gasteiger partial charge >= 0.3 is 0 Å². The molecule has 2 N–H and O–H groups in total. The van der Waals surface area contributed by atoms with E-state index in [9.17, 15) is 19.8 Å². The predicted molar refractivity (Wildman–Crippen MR) is 152 cm³/mol. The summed E-state index contributed by atoms with van der Waals surface area (Å²) in [4.78, 5) is 25.6. The highest BCUT2D eigenvalue weighted by Crippen LogP contribution is 2.56. The molecule has 1 aliphatic rings. The van der Waals surface area contributed by atoms with Crippen LogP contribution in [0.3, 0.4) is 0 Å². The number of carbonyl (C=O) groups is 2. The summed E-state index contributed by atoms with van der Waals surface area (Å²) in [5, 5.41) is 23.2. The number of unbranched alkanes of at least 4 members (excludes halogenated alkanes) is 2. The van der Waals surface area contributed by atoms with Gasteiger partial charge in [-0.1, -0.05) is 54.6 Å². The Hall–Kier alpha value is -3.17. The van der Waals surface area contributed by atoms with Crippen LogP contribution in [-0.2, 0) is 9.59 Å². The molecule has 0 fully saturated rings. The third-order valence-electron chi connectivity index (χ3n) is 7.31. The number of hydrogen-bond acceptors (Lipinski definition) is 4. The van der Waals surface area contributed by atoms with Crippen molar-refractivity contribution in [3.05, 3.63) is 113 Å². The molecule has 0 bridgehead atoms. The summed E-state index contributed by atoms with van der Waals surface area (Å²) in [6, 6.07) is 32.3. The van der Waals surface area contributed by atoms with Crippen molar-refractivity contribution >= 4 is 34.7 Å². The molecule has 0 spiro atoms. The van der Waals surface area contributed by atoms with Crippen LogP contribution < -0.4 is 15.9 Å². The number of rotatable bonds is 11. The van der Waals surface area contributed by atoms with Crippen LogP contribution in [0.2, 0.25) is 0 Å². The van der Waals surface area contributed by atoms with Crippen molar-refractivity contribution in [3.63, 3.8) is 0 Å². The van der Waals surface area contributed by atoms with Gasteiger partial charge in [0.05, 0.1) is 19.4 Å². The molecule has 3 aromatic carbocycles. The lowest BCUT2D eigenvalue weighted by molar-refractivity contribution is -0.117. The Labute approximate surface area is 219 Å². The molecule has 0 saturated carbocycles. The zero-order valence-electron chi connectivity index (χ0n) is 21.3. The maximum absolute atomic E-state index is 12.9. The van der Waals surface area contributed by atoms with Gasteiger partial charge in [-0.05, 0) is 69.0 Å². The zero-order valence-corrected chi connectivity index (χ0v) is 22.2. The van der Waals surface area contributed by atoms with Crippen LogP contribution in [0.1, 0.15) is 32.6 Å². The van der Waals surface area contributed by atoms with E-state index in [1.165, 1.54) is 15.9 Å². The minimum Gasteiger partial charge on any atom is -0.392 e. The molecule has 4 rings (SSSR count). The smallest absolute Gasteiger partial charge is 0.188 e. The summed E-state index contributed by atoms with van der Waals surface area (Å²) >= 11 is 0. The molecular weight excluding hydrogens is 479 g/mol. The molecule has 3 aromatic rings. The number of Topliss-reactive ketones (excluding diaryl/α,β-unsaturated/α-hetero) is 2. The van der Waals surface area contributed by atoms with Crippen LogP contribution >= 0.6 is 7.26 Å². The number of aliphatic hydroxyl groups is 2. The van der Waals surface area contributed by atoms with Crippen LogP contribution in [0.4, 0.5) is 0 Å². The van der Waals surface area contributed by atoms with Gasteiger partial charge in [0.15, 0.2) is 11.6 Å². The maximum Gasteiger partial charge on any atom is 0.188 e. The summed E-state index contributed by atoms with van der Waals surface area (Å²) < 4.78 is 0. The minimum absolute atomic E-state index is 0.0249. The Morgan fingerprint density at radius 2 is 1.00 bits per heavy atom. The summed E-state index contributed by atoms with van der Waals surface area (Å²) in [6.07, 6.45) is 4.17. The molecule has 37 heavy (non-hydrogen) atoms. The van der Waals surface area contributed by atoms with Gasteiger partial charge in [0, 0.05) is 22.3 Å². The summed E-state index contributed by atoms with van der Waals surface area (Å²) in [6.45, 7) is 0.584. The fraction of sp³-hybridized carbons (Fsp3) is 0.250. The quantitative estimate of drug-likeness (QED) is 0.228. The van der Waals surface area contributed by atoms with E-state index < -0.39 is 20.5 Å². The SMILES string of the molecule is CC1=C(CCCCC[P+](c2ccccc2)(c2ccccc2)c2ccccc2)C(=O)C(CO)=C(CO)C1=O. The summed E-state index contributed by atoms with van der Waals surface area (Å²) in [7, 11) is -1.89. The van der Waals surface area contributed by atoms with Crippen molar-refractivity contribution in [1.29, 1.82) is 0 Å². The maximum atomic E-state index is 12.9. The van der Waals surface area contributed by atoms with E-state index in [-0.39, 0.29) is 22.7 Å². The zero-order chi connectivity index (χ0) is 26.3. The first kappa shape index (κ1) is 26.9. The van der Waals surface area contributed by atoms with E-state index in [0.717, 1.165) is 25.4 Å². The lowest BCUT2D eigenvalue weighted by Gasteiger charge is -2.27. The Bertz CT molecular complexity index is 1200. The predicted octanol–water partition coefficient (Wildman–Crippen LogP) is 4.29. The van der Waals surface area contributed by atoms with E-state index >= 15 is 0 Å². The van der Waals surface area contributed by atoms with Gasteiger partial charge in [-0.3, -0.25) is 9.59 Å². The standard InChI is InChI=1S/C32H34O4P/c1-24-28(32(36)30(23-34)29(22-33)31(24)35)20-12-5-13-21-37(25-14-6-2-7-15-25,26-16-8-3-9-17-26)27-18-10-4-11-19-27/h2-4,6-11,14-19,33-34H,5,12-13,20-23H2,1H3/q+1. The largest absolute Gasteiger partial charge is 0.392 e.